The first-order valence-electron chi connectivity index (χ1n) is 9.49. The van der Waals surface area contributed by atoms with Crippen molar-refractivity contribution in [1.29, 1.82) is 0 Å². The maximum absolute atomic E-state index is 11.4. The number of Topliss-reactive ketones (excluding diaryl/α,β-unsaturated/α-hetero) is 1. The molecular weight excluding hydrogens is 374 g/mol. The average Bonchev–Trinajstić information content (AvgIpc) is 3.16. The van der Waals surface area contributed by atoms with Crippen LogP contribution in [0, 0.1) is 5.92 Å². The summed E-state index contributed by atoms with van der Waals surface area (Å²) in [7, 11) is 0. The molecule has 2 N–H and O–H groups in total. The molecule has 1 aliphatic heterocycles. The van der Waals surface area contributed by atoms with Crippen LogP contribution in [-0.2, 0) is 6.54 Å². The minimum absolute atomic E-state index is 0.347. The van der Waals surface area contributed by atoms with Gasteiger partial charge >= 0.3 is 0 Å². The molecule has 0 unspecified atom stereocenters. The second-order valence-corrected chi connectivity index (χ2v) is 8.10. The van der Waals surface area contributed by atoms with Crippen molar-refractivity contribution in [3.05, 3.63) is 47.2 Å². The topological polar surface area (TPSA) is 91.2 Å². The zero-order valence-corrected chi connectivity index (χ0v) is 16.4. The van der Waals surface area contributed by atoms with Crippen molar-refractivity contribution in [3.8, 4) is 0 Å². The van der Waals surface area contributed by atoms with E-state index in [0.717, 1.165) is 49.5 Å². The Morgan fingerprint density at radius 3 is 2.68 bits per heavy atom. The Labute approximate surface area is 167 Å². The number of nitrogens with zero attached hydrogens (tertiary/aromatic N) is 4. The molecule has 7 nitrogen and oxygen atoms in total. The third kappa shape index (κ3) is 4.35. The van der Waals surface area contributed by atoms with Gasteiger partial charge in [0.25, 0.3) is 0 Å². The van der Waals surface area contributed by atoms with Crippen molar-refractivity contribution < 1.29 is 9.90 Å². The Balaban J connectivity index is 1.23. The van der Waals surface area contributed by atoms with Gasteiger partial charge in [0.2, 0.25) is 5.95 Å². The number of benzene rings is 1. The predicted molar refractivity (Wildman–Crippen MR) is 110 cm³/mol. The minimum atomic E-state index is -0.516. The first-order chi connectivity index (χ1) is 13.7. The van der Waals surface area contributed by atoms with Crippen molar-refractivity contribution in [2.75, 3.05) is 31.1 Å². The third-order valence-electron chi connectivity index (χ3n) is 5.05. The van der Waals surface area contributed by atoms with E-state index in [9.17, 15) is 4.79 Å². The van der Waals surface area contributed by atoms with E-state index < -0.39 is 6.61 Å². The van der Waals surface area contributed by atoms with Crippen molar-refractivity contribution >= 4 is 33.3 Å². The fourth-order valence-electron chi connectivity index (χ4n) is 3.44. The fourth-order valence-corrected chi connectivity index (χ4v) is 4.37. The number of fused-ring (bicyclic) bond motifs is 1. The van der Waals surface area contributed by atoms with E-state index in [1.54, 1.807) is 11.3 Å². The quantitative estimate of drug-likeness (QED) is 0.591. The van der Waals surface area contributed by atoms with Crippen LogP contribution in [0.5, 0.6) is 0 Å². The molecule has 4 rings (SSSR count). The van der Waals surface area contributed by atoms with Gasteiger partial charge in [-0.3, -0.25) is 4.79 Å². The number of hydrogen-bond acceptors (Lipinski definition) is 8. The molecule has 146 valence electrons. The zero-order chi connectivity index (χ0) is 19.3. The smallest absolute Gasteiger partial charge is 0.225 e. The molecule has 0 aliphatic carbocycles. The standard InChI is InChI=1S/C20H23N5O2S/c26-13-17(27)15-10-22-20(23-11-15)25-7-5-14(6-8-25)9-21-12-19-24-16-3-1-2-4-18(16)28-19/h1-4,10-11,14,21,26H,5-9,12-13H2. The van der Waals surface area contributed by atoms with E-state index in [-0.39, 0.29) is 5.78 Å². The van der Waals surface area contributed by atoms with E-state index in [1.807, 2.05) is 12.1 Å². The summed E-state index contributed by atoms with van der Waals surface area (Å²) in [6, 6.07) is 8.24. The number of ketones is 1. The normalized spacial score (nSPS) is 15.2. The molecule has 0 bridgehead atoms. The maximum Gasteiger partial charge on any atom is 0.225 e. The largest absolute Gasteiger partial charge is 0.388 e. The first kappa shape index (κ1) is 18.9. The monoisotopic (exact) mass is 397 g/mol. The second-order valence-electron chi connectivity index (χ2n) is 6.99. The molecular formula is C20H23N5O2S. The average molecular weight is 398 g/mol. The lowest BCUT2D eigenvalue weighted by atomic mass is 9.97. The molecule has 8 heteroatoms. The minimum Gasteiger partial charge on any atom is -0.388 e. The van der Waals surface area contributed by atoms with Gasteiger partial charge in [-0.1, -0.05) is 12.1 Å². The Hall–Kier alpha value is -2.42. The summed E-state index contributed by atoms with van der Waals surface area (Å²) in [6.07, 6.45) is 5.14. The number of aromatic nitrogens is 3. The van der Waals surface area contributed by atoms with E-state index in [4.69, 9.17) is 5.11 Å². The number of rotatable bonds is 7. The van der Waals surface area contributed by atoms with Gasteiger partial charge in [-0.05, 0) is 37.4 Å². The summed E-state index contributed by atoms with van der Waals surface area (Å²) in [6.45, 7) is 3.08. The van der Waals surface area contributed by atoms with Crippen LogP contribution in [0.15, 0.2) is 36.7 Å². The molecule has 1 saturated heterocycles. The summed E-state index contributed by atoms with van der Waals surface area (Å²) in [4.78, 5) is 26.8. The highest BCUT2D eigenvalue weighted by atomic mass is 32.1. The SMILES string of the molecule is O=C(CO)c1cnc(N2CCC(CNCc3nc4ccccc4s3)CC2)nc1. The molecule has 1 aliphatic rings. The van der Waals surface area contributed by atoms with Crippen molar-refractivity contribution in [2.45, 2.75) is 19.4 Å². The van der Waals surface area contributed by atoms with Crippen LogP contribution >= 0.6 is 11.3 Å². The van der Waals surface area contributed by atoms with E-state index in [1.165, 1.54) is 17.1 Å². The van der Waals surface area contributed by atoms with Crippen molar-refractivity contribution in [3.63, 3.8) is 0 Å². The highest BCUT2D eigenvalue weighted by Crippen LogP contribution is 2.22. The van der Waals surface area contributed by atoms with E-state index in [2.05, 4.69) is 37.3 Å². The summed E-state index contributed by atoms with van der Waals surface area (Å²) < 4.78 is 1.24. The lowest BCUT2D eigenvalue weighted by Crippen LogP contribution is -2.38. The third-order valence-corrected chi connectivity index (χ3v) is 6.08. The van der Waals surface area contributed by atoms with Gasteiger partial charge in [0, 0.05) is 32.0 Å². The van der Waals surface area contributed by atoms with Crippen LogP contribution in [0.25, 0.3) is 10.2 Å². The van der Waals surface area contributed by atoms with Crippen molar-refractivity contribution in [2.24, 2.45) is 5.92 Å². The molecule has 0 saturated carbocycles. The number of para-hydroxylation sites is 1. The van der Waals surface area contributed by atoms with Crippen LogP contribution in [0.2, 0.25) is 0 Å². The highest BCUT2D eigenvalue weighted by Gasteiger charge is 2.21. The number of carbonyl (C=O) groups excluding carboxylic acids is 1. The van der Waals surface area contributed by atoms with Crippen LogP contribution in [0.4, 0.5) is 5.95 Å². The van der Waals surface area contributed by atoms with Gasteiger partial charge < -0.3 is 15.3 Å². The van der Waals surface area contributed by atoms with Gasteiger partial charge in [-0.2, -0.15) is 0 Å². The highest BCUT2D eigenvalue weighted by molar-refractivity contribution is 7.18. The number of carbonyl (C=O) groups is 1. The molecule has 0 atom stereocenters. The van der Waals surface area contributed by atoms with Gasteiger partial charge in [-0.25, -0.2) is 15.0 Å². The number of anilines is 1. The maximum atomic E-state index is 11.4. The predicted octanol–water partition coefficient (Wildman–Crippen LogP) is 2.27. The van der Waals surface area contributed by atoms with Gasteiger partial charge in [0.05, 0.1) is 15.8 Å². The fraction of sp³-hybridized carbons (Fsp3) is 0.400. The molecule has 0 spiro atoms. The number of piperidine rings is 1. The van der Waals surface area contributed by atoms with Gasteiger partial charge in [0.15, 0.2) is 5.78 Å². The molecule has 0 radical (unpaired) electrons. The second kappa shape index (κ2) is 8.72. The number of hydrogen-bond donors (Lipinski definition) is 2. The van der Waals surface area contributed by atoms with Gasteiger partial charge in [-0.15, -0.1) is 11.3 Å². The van der Waals surface area contributed by atoms with Gasteiger partial charge in [0.1, 0.15) is 11.6 Å². The summed E-state index contributed by atoms with van der Waals surface area (Å²) >= 11 is 1.75. The van der Waals surface area contributed by atoms with E-state index in [0.29, 0.717) is 17.4 Å². The zero-order valence-electron chi connectivity index (χ0n) is 15.5. The molecule has 1 fully saturated rings. The first-order valence-corrected chi connectivity index (χ1v) is 10.3. The Morgan fingerprint density at radius 1 is 1.21 bits per heavy atom. The van der Waals surface area contributed by atoms with Crippen LogP contribution in [0.3, 0.4) is 0 Å². The van der Waals surface area contributed by atoms with Crippen LogP contribution in [-0.4, -0.2) is 52.1 Å². The Bertz CT molecular complexity index is 902. The molecule has 0 amide bonds. The van der Waals surface area contributed by atoms with E-state index >= 15 is 0 Å². The molecule has 3 heterocycles. The van der Waals surface area contributed by atoms with Crippen LogP contribution < -0.4 is 10.2 Å². The molecule has 1 aromatic carbocycles. The lowest BCUT2D eigenvalue weighted by Gasteiger charge is -2.32. The molecule has 3 aromatic rings. The number of aliphatic hydroxyl groups is 1. The Morgan fingerprint density at radius 2 is 1.96 bits per heavy atom. The van der Waals surface area contributed by atoms with Crippen LogP contribution in [0.1, 0.15) is 28.2 Å². The summed E-state index contributed by atoms with van der Waals surface area (Å²) in [5.41, 5.74) is 1.42. The number of thiazole rings is 1. The number of aliphatic hydroxyl groups excluding tert-OH is 1. The summed E-state index contributed by atoms with van der Waals surface area (Å²) in [5, 5.41) is 13.6. The molecule has 28 heavy (non-hydrogen) atoms. The van der Waals surface area contributed by atoms with Crippen molar-refractivity contribution in [1.82, 2.24) is 20.3 Å². The molecule has 2 aromatic heterocycles. The Kier molecular flexibility index (Phi) is 5.90. The summed E-state index contributed by atoms with van der Waals surface area (Å²) in [5.74, 6) is 0.917. The lowest BCUT2D eigenvalue weighted by molar-refractivity contribution is 0.0903. The number of nitrogens with one attached hydrogen (secondary N) is 1.